The highest BCUT2D eigenvalue weighted by atomic mass is 127. The Bertz CT molecular complexity index is 514. The Kier molecular flexibility index (Phi) is 9.59. The molecule has 1 N–H and O–H groups in total. The van der Waals surface area contributed by atoms with Crippen LogP contribution in [0.3, 0.4) is 0 Å². The SMILES string of the molecule is CCCCCCCC[C@H](CI)NS(=O)(=O)c1ccc(C)cc1. The first-order valence-corrected chi connectivity index (χ1v) is 11.2. The van der Waals surface area contributed by atoms with Gasteiger partial charge in [0.15, 0.2) is 0 Å². The predicted octanol–water partition coefficient (Wildman–Crippen LogP) is 4.83. The Balaban J connectivity index is 2.45. The van der Waals surface area contributed by atoms with E-state index in [-0.39, 0.29) is 6.04 Å². The first-order chi connectivity index (χ1) is 10.5. The van der Waals surface area contributed by atoms with E-state index in [4.69, 9.17) is 0 Å². The van der Waals surface area contributed by atoms with E-state index in [1.807, 2.05) is 19.1 Å². The van der Waals surface area contributed by atoms with Crippen molar-refractivity contribution in [3.8, 4) is 0 Å². The second kappa shape index (κ2) is 10.6. The quantitative estimate of drug-likeness (QED) is 0.306. The van der Waals surface area contributed by atoms with Crippen LogP contribution in [0.5, 0.6) is 0 Å². The largest absolute Gasteiger partial charge is 0.240 e. The van der Waals surface area contributed by atoms with Gasteiger partial charge in [0, 0.05) is 10.5 Å². The van der Waals surface area contributed by atoms with E-state index in [1.54, 1.807) is 12.1 Å². The summed E-state index contributed by atoms with van der Waals surface area (Å²) in [5.41, 5.74) is 1.07. The molecule has 0 saturated carbocycles. The number of nitrogens with one attached hydrogen (secondary N) is 1. The molecule has 5 heteroatoms. The summed E-state index contributed by atoms with van der Waals surface area (Å²) in [6.45, 7) is 4.17. The van der Waals surface area contributed by atoms with Crippen LogP contribution in [0.4, 0.5) is 0 Å². The molecule has 3 nitrogen and oxygen atoms in total. The number of alkyl halides is 1. The van der Waals surface area contributed by atoms with Gasteiger partial charge in [0.2, 0.25) is 10.0 Å². The monoisotopic (exact) mass is 437 g/mol. The lowest BCUT2D eigenvalue weighted by atomic mass is 10.1. The Morgan fingerprint density at radius 2 is 1.64 bits per heavy atom. The van der Waals surface area contributed by atoms with Gasteiger partial charge in [-0.05, 0) is 25.5 Å². The Hall–Kier alpha value is -0.140. The summed E-state index contributed by atoms with van der Waals surface area (Å²) < 4.78 is 28.4. The summed E-state index contributed by atoms with van der Waals surface area (Å²) in [7, 11) is -3.39. The minimum absolute atomic E-state index is 0.0260. The van der Waals surface area contributed by atoms with E-state index >= 15 is 0 Å². The molecule has 0 saturated heterocycles. The highest BCUT2D eigenvalue weighted by Gasteiger charge is 2.18. The van der Waals surface area contributed by atoms with Gasteiger partial charge in [-0.25, -0.2) is 13.1 Å². The predicted molar refractivity (Wildman–Crippen MR) is 102 cm³/mol. The van der Waals surface area contributed by atoms with Crippen LogP contribution in [-0.2, 0) is 10.0 Å². The molecule has 0 amide bonds. The van der Waals surface area contributed by atoms with Crippen molar-refractivity contribution in [1.29, 1.82) is 0 Å². The number of aryl methyl sites for hydroxylation is 1. The Morgan fingerprint density at radius 1 is 1.05 bits per heavy atom. The second-order valence-corrected chi connectivity index (χ2v) is 8.44. The Morgan fingerprint density at radius 3 is 2.23 bits per heavy atom. The molecule has 0 aliphatic rings. The van der Waals surface area contributed by atoms with Crippen LogP contribution in [0.25, 0.3) is 0 Å². The van der Waals surface area contributed by atoms with Gasteiger partial charge < -0.3 is 0 Å². The van der Waals surface area contributed by atoms with E-state index in [1.165, 1.54) is 32.1 Å². The van der Waals surface area contributed by atoms with Gasteiger partial charge in [-0.15, -0.1) is 0 Å². The van der Waals surface area contributed by atoms with Crippen molar-refractivity contribution in [3.63, 3.8) is 0 Å². The number of hydrogen-bond acceptors (Lipinski definition) is 2. The van der Waals surface area contributed by atoms with Gasteiger partial charge in [-0.2, -0.15) is 0 Å². The fraction of sp³-hybridized carbons (Fsp3) is 0.647. The number of benzene rings is 1. The van der Waals surface area contributed by atoms with E-state index in [0.717, 1.165) is 22.8 Å². The molecule has 22 heavy (non-hydrogen) atoms. The average molecular weight is 437 g/mol. The molecular formula is C17H28INO2S. The zero-order chi connectivity index (χ0) is 16.4. The third-order valence-corrected chi connectivity index (χ3v) is 6.35. The third-order valence-electron chi connectivity index (χ3n) is 3.75. The second-order valence-electron chi connectivity index (χ2n) is 5.84. The van der Waals surface area contributed by atoms with Gasteiger partial charge in [0.05, 0.1) is 4.90 Å². The summed E-state index contributed by atoms with van der Waals surface area (Å²) in [6.07, 6.45) is 8.31. The van der Waals surface area contributed by atoms with Crippen molar-refractivity contribution in [3.05, 3.63) is 29.8 Å². The zero-order valence-corrected chi connectivity index (χ0v) is 16.6. The lowest BCUT2D eigenvalue weighted by molar-refractivity contribution is 0.521. The van der Waals surface area contributed by atoms with Crippen LogP contribution in [0.1, 0.15) is 57.4 Å². The van der Waals surface area contributed by atoms with Crippen molar-refractivity contribution < 1.29 is 8.42 Å². The molecule has 0 bridgehead atoms. The molecule has 0 unspecified atom stereocenters. The normalized spacial score (nSPS) is 13.2. The van der Waals surface area contributed by atoms with Crippen LogP contribution in [0.2, 0.25) is 0 Å². The maximum atomic E-state index is 12.4. The molecule has 1 atom stereocenters. The van der Waals surface area contributed by atoms with Crippen molar-refractivity contribution in [2.75, 3.05) is 4.43 Å². The van der Waals surface area contributed by atoms with Crippen LogP contribution in [0, 0.1) is 6.92 Å². The number of sulfonamides is 1. The fourth-order valence-electron chi connectivity index (χ4n) is 2.34. The van der Waals surface area contributed by atoms with Gasteiger partial charge >= 0.3 is 0 Å². The lowest BCUT2D eigenvalue weighted by Crippen LogP contribution is -2.36. The molecule has 0 aliphatic heterocycles. The zero-order valence-electron chi connectivity index (χ0n) is 13.6. The van der Waals surface area contributed by atoms with Crippen LogP contribution >= 0.6 is 22.6 Å². The molecule has 1 aromatic carbocycles. The average Bonchev–Trinajstić information content (AvgIpc) is 2.49. The van der Waals surface area contributed by atoms with Gasteiger partial charge in [0.1, 0.15) is 0 Å². The third kappa shape index (κ3) is 7.42. The molecule has 0 fully saturated rings. The molecule has 0 heterocycles. The summed E-state index contributed by atoms with van der Waals surface area (Å²) in [4.78, 5) is 0.357. The van der Waals surface area contributed by atoms with Crippen LogP contribution in [0.15, 0.2) is 29.2 Å². The summed E-state index contributed by atoms with van der Waals surface area (Å²) >= 11 is 2.26. The summed E-state index contributed by atoms with van der Waals surface area (Å²) in [5.74, 6) is 0. The van der Waals surface area contributed by atoms with E-state index in [9.17, 15) is 8.42 Å². The molecule has 0 aromatic heterocycles. The minimum atomic E-state index is -3.39. The van der Waals surface area contributed by atoms with Crippen LogP contribution < -0.4 is 4.72 Å². The van der Waals surface area contributed by atoms with Gasteiger partial charge in [0.25, 0.3) is 0 Å². The van der Waals surface area contributed by atoms with E-state index in [0.29, 0.717) is 4.90 Å². The fourth-order valence-corrected chi connectivity index (χ4v) is 4.57. The first kappa shape index (κ1) is 19.9. The summed E-state index contributed by atoms with van der Waals surface area (Å²) in [6, 6.07) is 7.04. The van der Waals surface area contributed by atoms with Gasteiger partial charge in [-0.3, -0.25) is 0 Å². The number of unbranched alkanes of at least 4 members (excludes halogenated alkanes) is 5. The number of hydrogen-bond donors (Lipinski definition) is 1. The van der Waals surface area contributed by atoms with Crippen molar-refractivity contribution in [2.45, 2.75) is 69.7 Å². The maximum absolute atomic E-state index is 12.4. The molecule has 0 spiro atoms. The number of halogens is 1. The molecule has 1 rings (SSSR count). The standard InChI is InChI=1S/C17H28INO2S/c1-3-4-5-6-7-8-9-16(14-18)19-22(20,21)17-12-10-15(2)11-13-17/h10-13,16,19H,3-9,14H2,1-2H3/t16-/m1/s1. The molecule has 0 radical (unpaired) electrons. The highest BCUT2D eigenvalue weighted by molar-refractivity contribution is 14.1. The smallest absolute Gasteiger partial charge is 0.207 e. The van der Waals surface area contributed by atoms with E-state index in [2.05, 4.69) is 34.2 Å². The summed E-state index contributed by atoms with van der Waals surface area (Å²) in [5, 5.41) is 0. The molecule has 0 aliphatic carbocycles. The topological polar surface area (TPSA) is 46.2 Å². The highest BCUT2D eigenvalue weighted by Crippen LogP contribution is 2.14. The van der Waals surface area contributed by atoms with Crippen molar-refractivity contribution >= 4 is 32.6 Å². The number of rotatable bonds is 11. The molecule has 1 aromatic rings. The minimum Gasteiger partial charge on any atom is -0.207 e. The van der Waals surface area contributed by atoms with Crippen LogP contribution in [-0.4, -0.2) is 18.9 Å². The molecular weight excluding hydrogens is 409 g/mol. The lowest BCUT2D eigenvalue weighted by Gasteiger charge is -2.16. The maximum Gasteiger partial charge on any atom is 0.240 e. The first-order valence-electron chi connectivity index (χ1n) is 8.14. The van der Waals surface area contributed by atoms with Crippen molar-refractivity contribution in [1.82, 2.24) is 4.72 Å². The van der Waals surface area contributed by atoms with E-state index < -0.39 is 10.0 Å². The van der Waals surface area contributed by atoms with Gasteiger partial charge in [-0.1, -0.05) is 85.7 Å². The van der Waals surface area contributed by atoms with Crippen molar-refractivity contribution in [2.24, 2.45) is 0 Å². The molecule has 126 valence electrons. The Labute approximate surface area is 149 Å².